The van der Waals surface area contributed by atoms with Crippen LogP contribution in [-0.4, -0.2) is 59.6 Å². The number of carbonyl (C=O) groups is 1. The van der Waals surface area contributed by atoms with Gasteiger partial charge in [-0.2, -0.15) is 0 Å². The Kier molecular flexibility index (Phi) is 5.40. The van der Waals surface area contributed by atoms with Crippen LogP contribution >= 0.6 is 0 Å². The molecule has 1 amide bonds. The van der Waals surface area contributed by atoms with Crippen LogP contribution in [0.3, 0.4) is 0 Å². The molecule has 1 fully saturated rings. The second-order valence-electron chi connectivity index (χ2n) is 5.50. The second-order valence-corrected chi connectivity index (χ2v) is 5.50. The molecule has 1 heterocycles. The van der Waals surface area contributed by atoms with Gasteiger partial charge in [0.15, 0.2) is 0 Å². The number of carbonyl (C=O) groups excluding carboxylic acids is 1. The Morgan fingerprint density at radius 2 is 2.12 bits per heavy atom. The van der Waals surface area contributed by atoms with E-state index < -0.39 is 0 Å². The molecule has 1 aliphatic heterocycles. The third kappa shape index (κ3) is 3.68. The Hall–Kier alpha value is -0.610. The van der Waals surface area contributed by atoms with E-state index in [1.54, 1.807) is 4.90 Å². The zero-order chi connectivity index (χ0) is 13.0. The lowest BCUT2D eigenvalue weighted by Gasteiger charge is -2.29. The molecule has 1 rings (SSSR count). The van der Waals surface area contributed by atoms with Crippen molar-refractivity contribution in [2.45, 2.75) is 45.7 Å². The van der Waals surface area contributed by atoms with Crippen LogP contribution in [0.5, 0.6) is 0 Å². The van der Waals surface area contributed by atoms with Crippen LogP contribution in [0.25, 0.3) is 0 Å². The first-order chi connectivity index (χ1) is 7.97. The summed E-state index contributed by atoms with van der Waals surface area (Å²) in [4.78, 5) is 16.1. The topological polar surface area (TPSA) is 43.8 Å². The Bertz CT molecular complexity index is 254. The molecule has 1 saturated heterocycles. The molecule has 0 aromatic rings. The minimum absolute atomic E-state index is 0.0567. The van der Waals surface area contributed by atoms with Crippen LogP contribution in [-0.2, 0) is 4.79 Å². The largest absolute Gasteiger partial charge is 0.394 e. The normalized spacial score (nSPS) is 27.6. The van der Waals surface area contributed by atoms with Crippen molar-refractivity contribution in [1.82, 2.24) is 9.80 Å². The summed E-state index contributed by atoms with van der Waals surface area (Å²) < 4.78 is 0. The van der Waals surface area contributed by atoms with Crippen LogP contribution in [0, 0.1) is 5.92 Å². The molecule has 100 valence electrons. The van der Waals surface area contributed by atoms with Gasteiger partial charge in [-0.1, -0.05) is 13.8 Å². The zero-order valence-corrected chi connectivity index (χ0v) is 11.5. The van der Waals surface area contributed by atoms with E-state index >= 15 is 0 Å². The molecule has 0 bridgehead atoms. The van der Waals surface area contributed by atoms with Crippen molar-refractivity contribution in [2.24, 2.45) is 5.92 Å². The van der Waals surface area contributed by atoms with E-state index in [0.29, 0.717) is 5.92 Å². The molecule has 4 nitrogen and oxygen atoms in total. The molecule has 4 heteroatoms. The molecular formula is C13H26N2O2. The van der Waals surface area contributed by atoms with E-state index in [4.69, 9.17) is 0 Å². The first kappa shape index (κ1) is 14.5. The van der Waals surface area contributed by atoms with Crippen LogP contribution in [0.1, 0.15) is 33.6 Å². The van der Waals surface area contributed by atoms with E-state index in [9.17, 15) is 9.90 Å². The molecular weight excluding hydrogens is 216 g/mol. The van der Waals surface area contributed by atoms with Gasteiger partial charge in [0.05, 0.1) is 6.61 Å². The van der Waals surface area contributed by atoms with Crippen molar-refractivity contribution >= 4 is 5.91 Å². The molecule has 1 N–H and O–H groups in total. The number of hydrogen-bond acceptors (Lipinski definition) is 3. The first-order valence-electron chi connectivity index (χ1n) is 6.59. The van der Waals surface area contributed by atoms with Gasteiger partial charge in [0, 0.05) is 19.6 Å². The monoisotopic (exact) mass is 242 g/mol. The van der Waals surface area contributed by atoms with Gasteiger partial charge < -0.3 is 10.0 Å². The predicted octanol–water partition coefficient (Wildman–Crippen LogP) is 0.946. The maximum Gasteiger partial charge on any atom is 0.242 e. The highest BCUT2D eigenvalue weighted by Crippen LogP contribution is 2.16. The second kappa shape index (κ2) is 6.36. The van der Waals surface area contributed by atoms with E-state index in [0.717, 1.165) is 25.9 Å². The molecule has 0 aromatic carbocycles. The quantitative estimate of drug-likeness (QED) is 0.798. The minimum atomic E-state index is -0.344. The summed E-state index contributed by atoms with van der Waals surface area (Å²) in [5, 5.41) is 9.44. The van der Waals surface area contributed by atoms with Crippen LogP contribution in [0.4, 0.5) is 0 Å². The minimum Gasteiger partial charge on any atom is -0.394 e. The Labute approximate surface area is 105 Å². The highest BCUT2D eigenvalue weighted by molar-refractivity contribution is 5.82. The molecule has 0 saturated carbocycles. The highest BCUT2D eigenvalue weighted by Gasteiger charge is 2.33. The van der Waals surface area contributed by atoms with E-state index in [1.807, 2.05) is 7.05 Å². The van der Waals surface area contributed by atoms with Gasteiger partial charge in [-0.3, -0.25) is 9.69 Å². The predicted molar refractivity (Wildman–Crippen MR) is 68.8 cm³/mol. The lowest BCUT2D eigenvalue weighted by atomic mass is 10.1. The molecule has 2 atom stereocenters. The SMILES string of the molecule is CC(C)CCN1CCC(C)N(C)C(=O)C1CO. The average molecular weight is 242 g/mol. The fourth-order valence-electron chi connectivity index (χ4n) is 2.20. The molecule has 1 aliphatic rings. The van der Waals surface area contributed by atoms with Crippen molar-refractivity contribution in [3.05, 3.63) is 0 Å². The molecule has 0 aromatic heterocycles. The van der Waals surface area contributed by atoms with E-state index in [-0.39, 0.29) is 24.6 Å². The van der Waals surface area contributed by atoms with Crippen molar-refractivity contribution < 1.29 is 9.90 Å². The first-order valence-corrected chi connectivity index (χ1v) is 6.59. The average Bonchev–Trinajstić information content (AvgIpc) is 2.38. The number of nitrogens with zero attached hydrogens (tertiary/aromatic N) is 2. The third-order valence-corrected chi connectivity index (χ3v) is 3.74. The standard InChI is InChI=1S/C13H26N2O2/c1-10(2)5-7-15-8-6-11(3)14(4)13(17)12(15)9-16/h10-12,16H,5-9H2,1-4H3. The van der Waals surface area contributed by atoms with Gasteiger partial charge in [-0.05, 0) is 32.2 Å². The summed E-state index contributed by atoms with van der Waals surface area (Å²) in [6.07, 6.45) is 2.05. The van der Waals surface area contributed by atoms with Gasteiger partial charge in [0.25, 0.3) is 0 Å². The number of rotatable bonds is 4. The lowest BCUT2D eigenvalue weighted by molar-refractivity contribution is -0.136. The number of aliphatic hydroxyl groups excluding tert-OH is 1. The van der Waals surface area contributed by atoms with Gasteiger partial charge in [-0.25, -0.2) is 0 Å². The number of likely N-dealkylation sites (N-methyl/N-ethyl adjacent to an activating group) is 1. The summed E-state index contributed by atoms with van der Waals surface area (Å²) in [5.41, 5.74) is 0. The maximum atomic E-state index is 12.2. The molecule has 0 radical (unpaired) electrons. The lowest BCUT2D eigenvalue weighted by Crippen LogP contribution is -2.48. The van der Waals surface area contributed by atoms with E-state index in [1.165, 1.54) is 0 Å². The molecule has 0 spiro atoms. The summed E-state index contributed by atoms with van der Waals surface area (Å²) in [7, 11) is 1.83. The number of aliphatic hydroxyl groups is 1. The summed E-state index contributed by atoms with van der Waals surface area (Å²) in [6, 6.07) is -0.0794. The zero-order valence-electron chi connectivity index (χ0n) is 11.5. The Morgan fingerprint density at radius 1 is 1.47 bits per heavy atom. The summed E-state index contributed by atoms with van der Waals surface area (Å²) in [5.74, 6) is 0.684. The smallest absolute Gasteiger partial charge is 0.242 e. The number of amides is 1. The van der Waals surface area contributed by atoms with E-state index in [2.05, 4.69) is 25.7 Å². The Morgan fingerprint density at radius 3 is 2.65 bits per heavy atom. The van der Waals surface area contributed by atoms with Crippen molar-refractivity contribution in [1.29, 1.82) is 0 Å². The molecule has 17 heavy (non-hydrogen) atoms. The van der Waals surface area contributed by atoms with Crippen molar-refractivity contribution in [3.8, 4) is 0 Å². The van der Waals surface area contributed by atoms with Crippen LogP contribution in [0.2, 0.25) is 0 Å². The third-order valence-electron chi connectivity index (χ3n) is 3.74. The van der Waals surface area contributed by atoms with Gasteiger partial charge in [0.1, 0.15) is 6.04 Å². The van der Waals surface area contributed by atoms with Crippen molar-refractivity contribution in [2.75, 3.05) is 26.7 Å². The maximum absolute atomic E-state index is 12.2. The number of hydrogen-bond donors (Lipinski definition) is 1. The van der Waals surface area contributed by atoms with Gasteiger partial charge in [0.2, 0.25) is 5.91 Å². The molecule has 0 aliphatic carbocycles. The Balaban J connectivity index is 2.71. The highest BCUT2D eigenvalue weighted by atomic mass is 16.3. The van der Waals surface area contributed by atoms with Crippen LogP contribution in [0.15, 0.2) is 0 Å². The fourth-order valence-corrected chi connectivity index (χ4v) is 2.20. The van der Waals surface area contributed by atoms with Gasteiger partial charge in [-0.15, -0.1) is 0 Å². The van der Waals surface area contributed by atoms with Gasteiger partial charge >= 0.3 is 0 Å². The van der Waals surface area contributed by atoms with Crippen molar-refractivity contribution in [3.63, 3.8) is 0 Å². The van der Waals surface area contributed by atoms with Crippen LogP contribution < -0.4 is 0 Å². The molecule has 2 unspecified atom stereocenters. The summed E-state index contributed by atoms with van der Waals surface area (Å²) in [6.45, 7) is 8.15. The fraction of sp³-hybridized carbons (Fsp3) is 0.923. The summed E-state index contributed by atoms with van der Waals surface area (Å²) >= 11 is 0.